The molecule has 0 saturated carbocycles. The Morgan fingerprint density at radius 1 is 0.967 bits per heavy atom. The highest BCUT2D eigenvalue weighted by molar-refractivity contribution is 5.78. The highest BCUT2D eigenvalue weighted by Crippen LogP contribution is 2.36. The van der Waals surface area contributed by atoms with Crippen LogP contribution in [0, 0.1) is 0 Å². The summed E-state index contributed by atoms with van der Waals surface area (Å²) in [6, 6.07) is 6.12. The van der Waals surface area contributed by atoms with Gasteiger partial charge in [-0.05, 0) is 47.9 Å². The average Bonchev–Trinajstić information content (AvgIpc) is 2.66. The molecular formula is C20H19F6NO3. The molecule has 2 aromatic rings. The van der Waals surface area contributed by atoms with E-state index < -0.39 is 35.8 Å². The summed E-state index contributed by atoms with van der Waals surface area (Å²) < 4.78 is 82.4. The van der Waals surface area contributed by atoms with Crippen molar-refractivity contribution >= 4 is 5.91 Å². The molecule has 0 bridgehead atoms. The van der Waals surface area contributed by atoms with Crippen molar-refractivity contribution < 1.29 is 41.0 Å². The van der Waals surface area contributed by atoms with Gasteiger partial charge in [-0.3, -0.25) is 4.79 Å². The predicted octanol–water partition coefficient (Wildman–Crippen LogP) is 4.13. The zero-order valence-corrected chi connectivity index (χ0v) is 15.8. The van der Waals surface area contributed by atoms with Crippen LogP contribution in [0.15, 0.2) is 36.4 Å². The lowest BCUT2D eigenvalue weighted by molar-refractivity contribution is -0.143. The number of benzene rings is 2. The van der Waals surface area contributed by atoms with Crippen molar-refractivity contribution in [3.05, 3.63) is 64.2 Å². The number of aliphatic hydroxyl groups excluding tert-OH is 1. The van der Waals surface area contributed by atoms with Crippen molar-refractivity contribution in [1.82, 2.24) is 5.32 Å². The summed E-state index contributed by atoms with van der Waals surface area (Å²) in [5, 5.41) is 11.8. The highest BCUT2D eigenvalue weighted by atomic mass is 19.4. The zero-order chi connectivity index (χ0) is 22.5. The summed E-state index contributed by atoms with van der Waals surface area (Å²) in [4.78, 5) is 12.0. The van der Waals surface area contributed by atoms with Crippen LogP contribution in [0.4, 0.5) is 26.3 Å². The second kappa shape index (κ2) is 9.38. The van der Waals surface area contributed by atoms with Crippen LogP contribution in [0.25, 0.3) is 0 Å². The quantitative estimate of drug-likeness (QED) is 0.644. The predicted molar refractivity (Wildman–Crippen MR) is 95.8 cm³/mol. The molecule has 0 heterocycles. The second-order valence-electron chi connectivity index (χ2n) is 6.50. The molecule has 4 nitrogen and oxygen atoms in total. The number of carbonyl (C=O) groups is 1. The number of methoxy groups -OCH3 is 1. The molecule has 164 valence electrons. The van der Waals surface area contributed by atoms with Gasteiger partial charge in [-0.15, -0.1) is 0 Å². The van der Waals surface area contributed by atoms with Crippen LogP contribution in [-0.4, -0.2) is 24.7 Å². The third-order valence-corrected chi connectivity index (χ3v) is 4.26. The van der Waals surface area contributed by atoms with Crippen molar-refractivity contribution in [2.75, 3.05) is 13.7 Å². The maximum absolute atomic E-state index is 12.9. The van der Waals surface area contributed by atoms with E-state index in [2.05, 4.69) is 5.32 Å². The first-order chi connectivity index (χ1) is 13.9. The normalized spacial score (nSPS) is 12.0. The number of aliphatic hydroxyl groups is 1. The minimum absolute atomic E-state index is 0.0177. The highest BCUT2D eigenvalue weighted by Gasteiger charge is 2.37. The Labute approximate surface area is 168 Å². The fourth-order valence-electron chi connectivity index (χ4n) is 2.83. The van der Waals surface area contributed by atoms with Gasteiger partial charge in [-0.1, -0.05) is 6.07 Å². The van der Waals surface area contributed by atoms with Crippen LogP contribution in [0.2, 0.25) is 0 Å². The maximum Gasteiger partial charge on any atom is 0.416 e. The lowest BCUT2D eigenvalue weighted by Gasteiger charge is -2.14. The van der Waals surface area contributed by atoms with Gasteiger partial charge in [0.2, 0.25) is 5.91 Å². The molecular weight excluding hydrogens is 416 g/mol. The monoisotopic (exact) mass is 435 g/mol. The smallest absolute Gasteiger partial charge is 0.416 e. The first-order valence-corrected chi connectivity index (χ1v) is 8.75. The molecule has 0 spiro atoms. The summed E-state index contributed by atoms with van der Waals surface area (Å²) in [5.41, 5.74) is -2.00. The van der Waals surface area contributed by atoms with Crippen LogP contribution in [0.3, 0.4) is 0 Å². The van der Waals surface area contributed by atoms with Crippen molar-refractivity contribution in [2.45, 2.75) is 31.8 Å². The van der Waals surface area contributed by atoms with Crippen LogP contribution in [-0.2, 0) is 36.6 Å². The Morgan fingerprint density at radius 3 is 2.07 bits per heavy atom. The Balaban J connectivity index is 2.04. The van der Waals surface area contributed by atoms with E-state index in [-0.39, 0.29) is 24.8 Å². The Kier molecular flexibility index (Phi) is 7.35. The van der Waals surface area contributed by atoms with Gasteiger partial charge in [0.15, 0.2) is 0 Å². The van der Waals surface area contributed by atoms with Gasteiger partial charge in [0.05, 0.1) is 31.3 Å². The lowest BCUT2D eigenvalue weighted by Crippen LogP contribution is -2.27. The van der Waals surface area contributed by atoms with Gasteiger partial charge >= 0.3 is 12.4 Å². The molecule has 0 radical (unpaired) electrons. The first kappa shape index (κ1) is 23.5. The summed E-state index contributed by atoms with van der Waals surface area (Å²) in [5.74, 6) is -0.214. The fraction of sp³-hybridized carbons (Fsp3) is 0.350. The van der Waals surface area contributed by atoms with Crippen LogP contribution >= 0.6 is 0 Å². The molecule has 2 rings (SSSR count). The molecule has 0 aliphatic heterocycles. The fourth-order valence-corrected chi connectivity index (χ4v) is 2.83. The van der Waals surface area contributed by atoms with E-state index in [1.807, 2.05) is 0 Å². The van der Waals surface area contributed by atoms with Crippen molar-refractivity contribution in [1.29, 1.82) is 0 Å². The third-order valence-electron chi connectivity index (χ3n) is 4.26. The number of halogens is 6. The molecule has 0 saturated heterocycles. The summed E-state index contributed by atoms with van der Waals surface area (Å²) in [6.45, 7) is -0.137. The third kappa shape index (κ3) is 6.38. The molecule has 2 N–H and O–H groups in total. The summed E-state index contributed by atoms with van der Waals surface area (Å²) in [7, 11) is 1.45. The van der Waals surface area contributed by atoms with E-state index in [9.17, 15) is 36.2 Å². The van der Waals surface area contributed by atoms with E-state index in [4.69, 9.17) is 4.74 Å². The molecule has 30 heavy (non-hydrogen) atoms. The first-order valence-electron chi connectivity index (χ1n) is 8.75. The molecule has 0 aliphatic carbocycles. The van der Waals surface area contributed by atoms with E-state index in [0.29, 0.717) is 29.9 Å². The molecule has 0 fully saturated rings. The largest absolute Gasteiger partial charge is 0.496 e. The van der Waals surface area contributed by atoms with Gasteiger partial charge in [-0.25, -0.2) is 0 Å². The number of hydrogen-bond acceptors (Lipinski definition) is 3. The van der Waals surface area contributed by atoms with Crippen LogP contribution in [0.1, 0.15) is 27.8 Å². The number of carbonyl (C=O) groups excluding carboxylic acids is 1. The average molecular weight is 435 g/mol. The minimum Gasteiger partial charge on any atom is -0.496 e. The minimum atomic E-state index is -4.97. The van der Waals surface area contributed by atoms with Gasteiger partial charge in [0.25, 0.3) is 0 Å². The van der Waals surface area contributed by atoms with Crippen molar-refractivity contribution in [2.24, 2.45) is 0 Å². The number of alkyl halides is 6. The number of ether oxygens (including phenoxy) is 1. The topological polar surface area (TPSA) is 58.6 Å². The SMILES string of the molecule is COc1ccc(CCNC(=O)Cc2cc(C(F)(F)F)cc(C(F)(F)F)c2)cc1CO. The Bertz CT molecular complexity index is 861. The van der Waals surface area contributed by atoms with Gasteiger partial charge in [0, 0.05) is 12.1 Å². The molecule has 1 amide bonds. The zero-order valence-electron chi connectivity index (χ0n) is 15.8. The second-order valence-corrected chi connectivity index (χ2v) is 6.50. The number of hydrogen-bond donors (Lipinski definition) is 2. The van der Waals surface area contributed by atoms with Crippen LogP contribution < -0.4 is 10.1 Å². The number of rotatable bonds is 7. The molecule has 2 aromatic carbocycles. The van der Waals surface area contributed by atoms with Gasteiger partial charge in [0.1, 0.15) is 5.75 Å². The molecule has 0 atom stereocenters. The van der Waals surface area contributed by atoms with Gasteiger partial charge in [-0.2, -0.15) is 26.3 Å². The van der Waals surface area contributed by atoms with E-state index in [1.165, 1.54) is 7.11 Å². The summed E-state index contributed by atoms with van der Waals surface area (Å²) >= 11 is 0. The van der Waals surface area contributed by atoms with Crippen LogP contribution in [0.5, 0.6) is 5.75 Å². The van der Waals surface area contributed by atoms with E-state index in [0.717, 1.165) is 5.56 Å². The van der Waals surface area contributed by atoms with Crippen molar-refractivity contribution in [3.63, 3.8) is 0 Å². The van der Waals surface area contributed by atoms with Gasteiger partial charge < -0.3 is 15.2 Å². The Morgan fingerprint density at radius 2 is 1.57 bits per heavy atom. The Hall–Kier alpha value is -2.75. The van der Waals surface area contributed by atoms with E-state index in [1.54, 1.807) is 18.2 Å². The van der Waals surface area contributed by atoms with E-state index >= 15 is 0 Å². The number of amides is 1. The molecule has 0 aliphatic rings. The van der Waals surface area contributed by atoms with Crippen molar-refractivity contribution in [3.8, 4) is 5.75 Å². The standard InChI is InChI=1S/C20H19F6NO3/c1-30-17-3-2-12(6-14(17)11-28)4-5-27-18(29)9-13-7-15(19(21,22)23)10-16(8-13)20(24,25)26/h2-3,6-8,10,28H,4-5,9,11H2,1H3,(H,27,29). The number of nitrogens with one attached hydrogen (secondary N) is 1. The molecule has 10 heteroatoms. The molecule has 0 aromatic heterocycles. The maximum atomic E-state index is 12.9. The lowest BCUT2D eigenvalue weighted by atomic mass is 10.0. The molecule has 0 unspecified atom stereocenters. The summed E-state index contributed by atoms with van der Waals surface area (Å²) in [6.07, 6.45) is -10.2.